The minimum atomic E-state index is -0.406. The molecule has 2 fully saturated rings. The van der Waals surface area contributed by atoms with Gasteiger partial charge in [0.05, 0.1) is 6.61 Å². The second-order valence-corrected chi connectivity index (χ2v) is 6.79. The number of Topliss-reactive ketones (excluding diaryl/α,β-unsaturated/α-hetero) is 1. The highest BCUT2D eigenvalue weighted by Gasteiger charge is 2.41. The van der Waals surface area contributed by atoms with Gasteiger partial charge in [-0.15, -0.1) is 0 Å². The fourth-order valence-electron chi connectivity index (χ4n) is 4.43. The molecule has 3 aliphatic rings. The first-order valence-electron chi connectivity index (χ1n) is 8.92. The lowest BCUT2D eigenvalue weighted by Gasteiger charge is -2.46. The minimum absolute atomic E-state index is 0.0159. The molecule has 0 N–H and O–H groups in total. The summed E-state index contributed by atoms with van der Waals surface area (Å²) in [5, 5.41) is 0. The van der Waals surface area contributed by atoms with Crippen LogP contribution < -0.4 is 0 Å². The van der Waals surface area contributed by atoms with Gasteiger partial charge in [-0.25, -0.2) is 4.79 Å². The molecule has 4 heteroatoms. The Morgan fingerprint density at radius 2 is 1.95 bits per heavy atom. The van der Waals surface area contributed by atoms with Gasteiger partial charge < -0.3 is 9.64 Å². The Bertz CT molecular complexity index is 477. The standard InChI is InChI=1S/C18H27NO3/c1-2-22-18(21)17-14-10-6-7-11-19(14)15(12-16(17)20)13-8-4-3-5-9-13/h13,15H,2-12H2,1H3/t15-/m0/s1. The van der Waals surface area contributed by atoms with Crippen LogP contribution in [0.15, 0.2) is 11.3 Å². The van der Waals surface area contributed by atoms with E-state index in [2.05, 4.69) is 4.90 Å². The molecule has 1 atom stereocenters. The van der Waals surface area contributed by atoms with E-state index in [-0.39, 0.29) is 5.78 Å². The smallest absolute Gasteiger partial charge is 0.343 e. The maximum atomic E-state index is 12.6. The number of esters is 1. The summed E-state index contributed by atoms with van der Waals surface area (Å²) in [5.74, 6) is 0.230. The fourth-order valence-corrected chi connectivity index (χ4v) is 4.43. The number of ketones is 1. The van der Waals surface area contributed by atoms with Gasteiger partial charge in [-0.05, 0) is 44.9 Å². The van der Waals surface area contributed by atoms with Crippen LogP contribution in [-0.4, -0.2) is 35.8 Å². The summed E-state index contributed by atoms with van der Waals surface area (Å²) in [6.07, 6.45) is 9.95. The van der Waals surface area contributed by atoms with Crippen LogP contribution >= 0.6 is 0 Å². The third-order valence-electron chi connectivity index (χ3n) is 5.45. The number of allylic oxidation sites excluding steroid dienone is 1. The molecule has 3 rings (SSSR count). The van der Waals surface area contributed by atoms with Crippen molar-refractivity contribution in [1.82, 2.24) is 4.90 Å². The number of carbonyl (C=O) groups excluding carboxylic acids is 2. The van der Waals surface area contributed by atoms with Crippen molar-refractivity contribution in [2.75, 3.05) is 13.2 Å². The number of carbonyl (C=O) groups is 2. The molecular formula is C18H27NO3. The molecule has 0 bridgehead atoms. The van der Waals surface area contributed by atoms with E-state index < -0.39 is 5.97 Å². The Hall–Kier alpha value is -1.32. The van der Waals surface area contributed by atoms with E-state index in [0.29, 0.717) is 30.6 Å². The summed E-state index contributed by atoms with van der Waals surface area (Å²) in [6.45, 7) is 3.11. The van der Waals surface area contributed by atoms with E-state index in [0.717, 1.165) is 31.5 Å². The molecule has 4 nitrogen and oxygen atoms in total. The predicted octanol–water partition coefficient (Wildman–Crippen LogP) is 3.21. The van der Waals surface area contributed by atoms with Gasteiger partial charge in [0.1, 0.15) is 5.57 Å². The summed E-state index contributed by atoms with van der Waals surface area (Å²) in [5.41, 5.74) is 1.34. The maximum absolute atomic E-state index is 12.6. The van der Waals surface area contributed by atoms with Crippen LogP contribution in [0.5, 0.6) is 0 Å². The molecule has 2 heterocycles. The first kappa shape index (κ1) is 15.6. The third kappa shape index (κ3) is 2.92. The highest BCUT2D eigenvalue weighted by Crippen LogP contribution is 2.39. The van der Waals surface area contributed by atoms with Crippen molar-refractivity contribution in [3.63, 3.8) is 0 Å². The SMILES string of the molecule is CCOC(=O)C1=C2CCCCN2[C@H](C2CCCCC2)CC1=O. The van der Waals surface area contributed by atoms with Gasteiger partial charge in [0.15, 0.2) is 5.78 Å². The molecule has 2 aliphatic heterocycles. The monoisotopic (exact) mass is 305 g/mol. The van der Waals surface area contributed by atoms with E-state index in [1.807, 2.05) is 0 Å². The zero-order valence-electron chi connectivity index (χ0n) is 13.6. The van der Waals surface area contributed by atoms with E-state index in [9.17, 15) is 9.59 Å². The molecule has 0 spiro atoms. The zero-order chi connectivity index (χ0) is 15.5. The topological polar surface area (TPSA) is 46.6 Å². The Labute approximate surface area is 132 Å². The van der Waals surface area contributed by atoms with Crippen molar-refractivity contribution in [2.45, 2.75) is 70.8 Å². The number of rotatable bonds is 3. The number of nitrogens with zero attached hydrogens (tertiary/aromatic N) is 1. The van der Waals surface area contributed by atoms with Gasteiger partial charge in [-0.2, -0.15) is 0 Å². The van der Waals surface area contributed by atoms with Gasteiger partial charge in [0.2, 0.25) is 0 Å². The van der Waals surface area contributed by atoms with E-state index in [1.54, 1.807) is 6.92 Å². The summed E-state index contributed by atoms with van der Waals surface area (Å²) >= 11 is 0. The average molecular weight is 305 g/mol. The first-order chi connectivity index (χ1) is 10.7. The molecule has 0 amide bonds. The molecule has 22 heavy (non-hydrogen) atoms. The highest BCUT2D eigenvalue weighted by atomic mass is 16.5. The van der Waals surface area contributed by atoms with Gasteiger partial charge in [0.25, 0.3) is 0 Å². The Morgan fingerprint density at radius 3 is 2.68 bits per heavy atom. The first-order valence-corrected chi connectivity index (χ1v) is 8.92. The largest absolute Gasteiger partial charge is 0.462 e. The van der Waals surface area contributed by atoms with Crippen LogP contribution in [0, 0.1) is 5.92 Å². The summed E-state index contributed by atoms with van der Waals surface area (Å²) in [4.78, 5) is 27.2. The van der Waals surface area contributed by atoms with Crippen LogP contribution in [0.1, 0.15) is 64.7 Å². The van der Waals surface area contributed by atoms with Crippen LogP contribution in [0.4, 0.5) is 0 Å². The summed E-state index contributed by atoms with van der Waals surface area (Å²) in [6, 6.07) is 0.321. The van der Waals surface area contributed by atoms with E-state index in [1.165, 1.54) is 32.1 Å². The zero-order valence-corrected chi connectivity index (χ0v) is 13.6. The van der Waals surface area contributed by atoms with Gasteiger partial charge in [-0.1, -0.05) is 19.3 Å². The lowest BCUT2D eigenvalue weighted by molar-refractivity contribution is -0.141. The van der Waals surface area contributed by atoms with Crippen molar-refractivity contribution >= 4 is 11.8 Å². The molecule has 1 saturated carbocycles. The third-order valence-corrected chi connectivity index (χ3v) is 5.45. The molecule has 1 saturated heterocycles. The summed E-state index contributed by atoms with van der Waals surface area (Å²) < 4.78 is 5.14. The molecule has 1 aliphatic carbocycles. The van der Waals surface area contributed by atoms with Crippen molar-refractivity contribution in [3.05, 3.63) is 11.3 Å². The van der Waals surface area contributed by atoms with Gasteiger partial charge in [0, 0.05) is 24.7 Å². The van der Waals surface area contributed by atoms with Crippen LogP contribution in [-0.2, 0) is 14.3 Å². The van der Waals surface area contributed by atoms with E-state index in [4.69, 9.17) is 4.74 Å². The lowest BCUT2D eigenvalue weighted by atomic mass is 9.77. The second kappa shape index (κ2) is 6.84. The van der Waals surface area contributed by atoms with Crippen LogP contribution in [0.25, 0.3) is 0 Å². The Balaban J connectivity index is 1.89. The number of piperidine rings is 1. The molecule has 0 unspecified atom stereocenters. The fraction of sp³-hybridized carbons (Fsp3) is 0.778. The van der Waals surface area contributed by atoms with Crippen LogP contribution in [0.3, 0.4) is 0 Å². The average Bonchev–Trinajstić information content (AvgIpc) is 2.55. The van der Waals surface area contributed by atoms with Crippen LogP contribution in [0.2, 0.25) is 0 Å². The number of hydrogen-bond acceptors (Lipinski definition) is 4. The molecule has 0 aromatic heterocycles. The number of ether oxygens (including phenoxy) is 1. The van der Waals surface area contributed by atoms with Crippen molar-refractivity contribution in [3.8, 4) is 0 Å². The maximum Gasteiger partial charge on any atom is 0.343 e. The van der Waals surface area contributed by atoms with Gasteiger partial charge in [-0.3, -0.25) is 4.79 Å². The van der Waals surface area contributed by atoms with Crippen molar-refractivity contribution in [2.24, 2.45) is 5.92 Å². The Kier molecular flexibility index (Phi) is 4.84. The number of fused-ring (bicyclic) bond motifs is 1. The van der Waals surface area contributed by atoms with Crippen molar-refractivity contribution < 1.29 is 14.3 Å². The lowest BCUT2D eigenvalue weighted by Crippen LogP contribution is -2.49. The Morgan fingerprint density at radius 1 is 1.18 bits per heavy atom. The quantitative estimate of drug-likeness (QED) is 0.593. The molecule has 0 radical (unpaired) electrons. The van der Waals surface area contributed by atoms with E-state index >= 15 is 0 Å². The molecular weight excluding hydrogens is 278 g/mol. The second-order valence-electron chi connectivity index (χ2n) is 6.79. The number of hydrogen-bond donors (Lipinski definition) is 0. The highest BCUT2D eigenvalue weighted by molar-refractivity contribution is 6.18. The molecule has 0 aromatic carbocycles. The van der Waals surface area contributed by atoms with Gasteiger partial charge >= 0.3 is 5.97 Å². The normalized spacial score (nSPS) is 26.9. The predicted molar refractivity (Wildman–Crippen MR) is 84.2 cm³/mol. The van der Waals surface area contributed by atoms with Crippen molar-refractivity contribution in [1.29, 1.82) is 0 Å². The summed E-state index contributed by atoms with van der Waals surface area (Å²) in [7, 11) is 0. The molecule has 122 valence electrons. The molecule has 0 aromatic rings. The minimum Gasteiger partial charge on any atom is -0.462 e.